The fraction of sp³-hybridized carbons (Fsp3) is 0. The Kier molecular flexibility index (Phi) is 4.97. The summed E-state index contributed by atoms with van der Waals surface area (Å²) in [7, 11) is 0. The summed E-state index contributed by atoms with van der Waals surface area (Å²) in [4.78, 5) is 16.9. The molecule has 3 rings (SSSR count). The molecule has 0 unspecified atom stereocenters. The Balaban J connectivity index is 1.89. The van der Waals surface area contributed by atoms with Crippen LogP contribution in [0.5, 0.6) is 0 Å². The lowest BCUT2D eigenvalue weighted by molar-refractivity contribution is -0.115. The van der Waals surface area contributed by atoms with Crippen LogP contribution in [0.2, 0.25) is 15.1 Å². The minimum absolute atomic E-state index is 0.230. The highest BCUT2D eigenvalue weighted by atomic mass is 35.5. The van der Waals surface area contributed by atoms with Crippen molar-refractivity contribution >= 4 is 69.4 Å². The summed E-state index contributed by atoms with van der Waals surface area (Å²) in [5.74, 6) is -0.230. The van der Waals surface area contributed by atoms with E-state index < -0.39 is 0 Å². The molecule has 0 spiro atoms. The van der Waals surface area contributed by atoms with Crippen molar-refractivity contribution in [3.63, 3.8) is 0 Å². The van der Waals surface area contributed by atoms with Crippen LogP contribution in [-0.2, 0) is 4.79 Å². The van der Waals surface area contributed by atoms with E-state index in [0.29, 0.717) is 30.8 Å². The van der Waals surface area contributed by atoms with E-state index in [9.17, 15) is 4.79 Å². The first kappa shape index (κ1) is 16.4. The molecule has 1 fully saturated rings. The number of carbonyl (C=O) groups is 1. The lowest BCUT2D eigenvalue weighted by Gasteiger charge is -2.01. The van der Waals surface area contributed by atoms with Crippen LogP contribution in [0.15, 0.2) is 52.4 Å². The van der Waals surface area contributed by atoms with E-state index in [1.54, 1.807) is 30.3 Å². The van der Waals surface area contributed by atoms with Crippen LogP contribution < -0.4 is 5.32 Å². The number of hydrogen-bond donors (Lipinski definition) is 1. The molecule has 0 aromatic heterocycles. The second-order valence-corrected chi connectivity index (χ2v) is 6.80. The number of hydrogen-bond acceptors (Lipinski definition) is 3. The summed E-state index contributed by atoms with van der Waals surface area (Å²) >= 11 is 19.4. The van der Waals surface area contributed by atoms with Crippen molar-refractivity contribution in [2.75, 3.05) is 0 Å². The maximum absolute atomic E-state index is 12.1. The Labute approximate surface area is 152 Å². The second-order valence-electron chi connectivity index (χ2n) is 4.58. The summed E-state index contributed by atoms with van der Waals surface area (Å²) in [5, 5.41) is 4.48. The molecule has 116 valence electrons. The van der Waals surface area contributed by atoms with Gasteiger partial charge in [-0.1, -0.05) is 59.1 Å². The van der Waals surface area contributed by atoms with Crippen LogP contribution in [0.4, 0.5) is 5.69 Å². The largest absolute Gasteiger partial charge is 0.300 e. The van der Waals surface area contributed by atoms with Gasteiger partial charge in [0.25, 0.3) is 5.91 Å². The Hall–Kier alpha value is -1.46. The van der Waals surface area contributed by atoms with Crippen molar-refractivity contribution in [2.45, 2.75) is 0 Å². The number of aliphatic imine (C=N–C) groups is 1. The highest BCUT2D eigenvalue weighted by molar-refractivity contribution is 8.18. The van der Waals surface area contributed by atoms with Gasteiger partial charge < -0.3 is 5.32 Å². The van der Waals surface area contributed by atoms with Crippen molar-refractivity contribution in [3.05, 3.63) is 68.0 Å². The number of nitrogens with one attached hydrogen (secondary N) is 1. The van der Waals surface area contributed by atoms with E-state index in [4.69, 9.17) is 34.8 Å². The predicted molar refractivity (Wildman–Crippen MR) is 98.7 cm³/mol. The number of halogens is 3. The summed E-state index contributed by atoms with van der Waals surface area (Å²) in [5.41, 5.74) is 1.27. The topological polar surface area (TPSA) is 41.5 Å². The minimum atomic E-state index is -0.230. The monoisotopic (exact) mass is 382 g/mol. The van der Waals surface area contributed by atoms with Gasteiger partial charge in [0.1, 0.15) is 0 Å². The van der Waals surface area contributed by atoms with Gasteiger partial charge in [-0.05, 0) is 41.6 Å². The van der Waals surface area contributed by atoms with E-state index in [1.807, 2.05) is 18.2 Å². The zero-order chi connectivity index (χ0) is 16.4. The van der Waals surface area contributed by atoms with Crippen molar-refractivity contribution in [3.8, 4) is 0 Å². The average Bonchev–Trinajstić information content (AvgIpc) is 2.86. The molecule has 2 aromatic rings. The van der Waals surface area contributed by atoms with Crippen LogP contribution in [0.3, 0.4) is 0 Å². The SMILES string of the molecule is O=C1NC(=Nc2cccc(Cl)c2Cl)SC1=Cc1ccccc1Cl. The molecule has 0 radical (unpaired) electrons. The molecule has 2 aromatic carbocycles. The van der Waals surface area contributed by atoms with Crippen LogP contribution in [0.25, 0.3) is 6.08 Å². The molecular formula is C16H9Cl3N2OS. The zero-order valence-electron chi connectivity index (χ0n) is 11.5. The second kappa shape index (κ2) is 6.97. The average molecular weight is 384 g/mol. The number of amidine groups is 1. The van der Waals surface area contributed by atoms with Gasteiger partial charge in [-0.3, -0.25) is 4.79 Å². The third kappa shape index (κ3) is 3.72. The molecule has 1 aliphatic heterocycles. The Morgan fingerprint density at radius 2 is 1.74 bits per heavy atom. The van der Waals surface area contributed by atoms with Crippen molar-refractivity contribution in [2.24, 2.45) is 4.99 Å². The summed E-state index contributed by atoms with van der Waals surface area (Å²) < 4.78 is 0. The van der Waals surface area contributed by atoms with Crippen LogP contribution in [0, 0.1) is 0 Å². The van der Waals surface area contributed by atoms with Gasteiger partial charge in [0.2, 0.25) is 0 Å². The molecule has 1 aliphatic rings. The number of carbonyl (C=O) groups excluding carboxylic acids is 1. The van der Waals surface area contributed by atoms with E-state index in [-0.39, 0.29) is 5.91 Å². The van der Waals surface area contributed by atoms with Gasteiger partial charge in [0.05, 0.1) is 20.6 Å². The normalized spacial score (nSPS) is 17.8. The molecule has 1 N–H and O–H groups in total. The number of thioether (sulfide) groups is 1. The lowest BCUT2D eigenvalue weighted by Crippen LogP contribution is -2.19. The lowest BCUT2D eigenvalue weighted by atomic mass is 10.2. The van der Waals surface area contributed by atoms with Crippen molar-refractivity contribution in [1.82, 2.24) is 5.32 Å². The van der Waals surface area contributed by atoms with E-state index in [2.05, 4.69) is 10.3 Å². The van der Waals surface area contributed by atoms with E-state index in [1.165, 1.54) is 11.8 Å². The molecule has 0 saturated carbocycles. The highest BCUT2D eigenvalue weighted by Crippen LogP contribution is 2.34. The van der Waals surface area contributed by atoms with Crippen molar-refractivity contribution < 1.29 is 4.79 Å². The maximum atomic E-state index is 12.1. The van der Waals surface area contributed by atoms with Gasteiger partial charge in [0, 0.05) is 5.02 Å². The molecule has 23 heavy (non-hydrogen) atoms. The van der Waals surface area contributed by atoms with Crippen LogP contribution in [0.1, 0.15) is 5.56 Å². The van der Waals surface area contributed by atoms with Crippen molar-refractivity contribution in [1.29, 1.82) is 0 Å². The van der Waals surface area contributed by atoms with Gasteiger partial charge in [-0.2, -0.15) is 0 Å². The van der Waals surface area contributed by atoms with Gasteiger partial charge in [-0.25, -0.2) is 4.99 Å². The Morgan fingerprint density at radius 3 is 2.52 bits per heavy atom. The molecule has 1 saturated heterocycles. The van der Waals surface area contributed by atoms with Gasteiger partial charge in [-0.15, -0.1) is 0 Å². The Morgan fingerprint density at radius 1 is 1.00 bits per heavy atom. The minimum Gasteiger partial charge on any atom is -0.300 e. The Bertz CT molecular complexity index is 849. The summed E-state index contributed by atoms with van der Waals surface area (Å²) in [6, 6.07) is 12.4. The van der Waals surface area contributed by atoms with Gasteiger partial charge in [0.15, 0.2) is 5.17 Å². The molecule has 1 amide bonds. The molecule has 0 atom stereocenters. The molecule has 1 heterocycles. The van der Waals surface area contributed by atoms with E-state index >= 15 is 0 Å². The summed E-state index contributed by atoms with van der Waals surface area (Å²) in [6.45, 7) is 0. The highest BCUT2D eigenvalue weighted by Gasteiger charge is 2.24. The first-order chi connectivity index (χ1) is 11.0. The molecule has 7 heteroatoms. The first-order valence-electron chi connectivity index (χ1n) is 6.53. The standard InChI is InChI=1S/C16H9Cl3N2OS/c17-10-5-2-1-4-9(10)8-13-15(22)21-16(23-13)20-12-7-3-6-11(18)14(12)19/h1-8H,(H,20,21,22). The predicted octanol–water partition coefficient (Wildman–Crippen LogP) is 5.54. The molecule has 0 bridgehead atoms. The van der Waals surface area contributed by atoms with Gasteiger partial charge >= 0.3 is 0 Å². The fourth-order valence-electron chi connectivity index (χ4n) is 1.90. The van der Waals surface area contributed by atoms with E-state index in [0.717, 1.165) is 5.56 Å². The number of amides is 1. The third-order valence-electron chi connectivity index (χ3n) is 3.00. The van der Waals surface area contributed by atoms with Crippen LogP contribution >= 0.6 is 46.6 Å². The zero-order valence-corrected chi connectivity index (χ0v) is 14.6. The number of nitrogens with zero attached hydrogens (tertiary/aromatic N) is 1. The number of rotatable bonds is 2. The summed E-state index contributed by atoms with van der Waals surface area (Å²) in [6.07, 6.45) is 1.73. The third-order valence-corrected chi connectivity index (χ3v) is 5.06. The molecular weight excluding hydrogens is 375 g/mol. The van der Waals surface area contributed by atoms with Crippen LogP contribution in [-0.4, -0.2) is 11.1 Å². The first-order valence-corrected chi connectivity index (χ1v) is 8.48. The quantitative estimate of drug-likeness (QED) is 0.692. The molecule has 0 aliphatic carbocycles. The number of benzene rings is 2. The smallest absolute Gasteiger partial charge is 0.264 e. The maximum Gasteiger partial charge on any atom is 0.264 e. The molecule has 3 nitrogen and oxygen atoms in total. The fourth-order valence-corrected chi connectivity index (χ4v) is 3.26.